The molecule has 0 saturated carbocycles. The van der Waals surface area contributed by atoms with Gasteiger partial charge < -0.3 is 5.32 Å². The molecule has 22 heavy (non-hydrogen) atoms. The summed E-state index contributed by atoms with van der Waals surface area (Å²) in [6, 6.07) is 9.59. The summed E-state index contributed by atoms with van der Waals surface area (Å²) in [4.78, 5) is 12.1. The monoisotopic (exact) mass is 318 g/mol. The molecular weight excluding hydrogens is 292 g/mol. The Morgan fingerprint density at radius 2 is 1.77 bits per heavy atom. The van der Waals surface area contributed by atoms with E-state index in [1.807, 2.05) is 24.3 Å². The fourth-order valence-corrected chi connectivity index (χ4v) is 3.51. The molecule has 1 aromatic rings. The Balaban J connectivity index is 2.38. The minimum Gasteiger partial charge on any atom is -0.350 e. The van der Waals surface area contributed by atoms with Crippen molar-refractivity contribution in [2.45, 2.75) is 52.3 Å². The van der Waals surface area contributed by atoms with Crippen LogP contribution in [0, 0.1) is 16.7 Å². The lowest BCUT2D eigenvalue weighted by Crippen LogP contribution is -2.46. The van der Waals surface area contributed by atoms with Crippen LogP contribution in [0.15, 0.2) is 24.3 Å². The lowest BCUT2D eigenvalue weighted by molar-refractivity contribution is -0.120. The molecule has 0 heterocycles. The summed E-state index contributed by atoms with van der Waals surface area (Å²) in [5, 5.41) is 11.9. The van der Waals surface area contributed by atoms with Gasteiger partial charge in [0.15, 0.2) is 0 Å². The summed E-state index contributed by atoms with van der Waals surface area (Å²) in [5.41, 5.74) is 1.79. The van der Waals surface area contributed by atoms with E-state index in [4.69, 9.17) is 5.26 Å². The van der Waals surface area contributed by atoms with E-state index in [2.05, 4.69) is 46.0 Å². The van der Waals surface area contributed by atoms with Gasteiger partial charge in [0.25, 0.3) is 0 Å². The highest BCUT2D eigenvalue weighted by atomic mass is 32.2. The number of carbonyl (C=O) groups is 1. The lowest BCUT2D eigenvalue weighted by Gasteiger charge is -2.33. The number of nitriles is 1. The summed E-state index contributed by atoms with van der Waals surface area (Å²) in [6.45, 7) is 10.7. The van der Waals surface area contributed by atoms with E-state index >= 15 is 0 Å². The van der Waals surface area contributed by atoms with Crippen LogP contribution in [-0.4, -0.2) is 17.2 Å². The fourth-order valence-electron chi connectivity index (χ4n) is 2.72. The van der Waals surface area contributed by atoms with Crippen molar-refractivity contribution in [3.63, 3.8) is 0 Å². The maximum Gasteiger partial charge on any atom is 0.230 e. The number of thioether (sulfide) groups is 1. The number of rotatable bonds is 6. The molecule has 4 heteroatoms. The van der Waals surface area contributed by atoms with E-state index in [-0.39, 0.29) is 16.9 Å². The second-order valence-corrected chi connectivity index (χ2v) is 8.46. The SMILES string of the molecule is CC(C)(C)CC(C)(C)NC(=O)CSCc1ccc(C#N)cc1. The number of nitrogens with zero attached hydrogens (tertiary/aromatic N) is 1. The molecule has 0 aromatic heterocycles. The van der Waals surface area contributed by atoms with Crippen LogP contribution in [0.3, 0.4) is 0 Å². The molecule has 1 rings (SSSR count). The Labute approximate surface area is 138 Å². The molecule has 3 nitrogen and oxygen atoms in total. The maximum atomic E-state index is 12.1. The van der Waals surface area contributed by atoms with Crippen molar-refractivity contribution >= 4 is 17.7 Å². The van der Waals surface area contributed by atoms with Crippen LogP contribution in [-0.2, 0) is 10.5 Å². The van der Waals surface area contributed by atoms with Crippen LogP contribution in [0.5, 0.6) is 0 Å². The molecular formula is C18H26N2OS. The first-order chi connectivity index (χ1) is 10.1. The van der Waals surface area contributed by atoms with Gasteiger partial charge in [-0.2, -0.15) is 5.26 Å². The zero-order valence-corrected chi connectivity index (χ0v) is 15.0. The summed E-state index contributed by atoms with van der Waals surface area (Å²) < 4.78 is 0. The van der Waals surface area contributed by atoms with Crippen molar-refractivity contribution < 1.29 is 4.79 Å². The van der Waals surface area contributed by atoms with Gasteiger partial charge in [0.2, 0.25) is 5.91 Å². The predicted molar refractivity (Wildman–Crippen MR) is 93.6 cm³/mol. The Bertz CT molecular complexity index is 536. The van der Waals surface area contributed by atoms with Gasteiger partial charge in [0, 0.05) is 11.3 Å². The molecule has 0 unspecified atom stereocenters. The third kappa shape index (κ3) is 7.51. The van der Waals surface area contributed by atoms with Gasteiger partial charge in [-0.3, -0.25) is 4.79 Å². The average Bonchev–Trinajstić information content (AvgIpc) is 2.35. The number of hydrogen-bond acceptors (Lipinski definition) is 3. The van der Waals surface area contributed by atoms with Crippen LogP contribution in [0.25, 0.3) is 0 Å². The van der Waals surface area contributed by atoms with E-state index in [0.717, 1.165) is 17.7 Å². The first-order valence-electron chi connectivity index (χ1n) is 7.49. The highest BCUT2D eigenvalue weighted by Crippen LogP contribution is 2.26. The Morgan fingerprint density at radius 1 is 1.18 bits per heavy atom. The van der Waals surface area contributed by atoms with E-state index in [0.29, 0.717) is 11.3 Å². The topological polar surface area (TPSA) is 52.9 Å². The van der Waals surface area contributed by atoms with Gasteiger partial charge in [-0.05, 0) is 43.4 Å². The van der Waals surface area contributed by atoms with Crippen molar-refractivity contribution in [2.75, 3.05) is 5.75 Å². The molecule has 0 aliphatic rings. The number of amides is 1. The molecule has 0 saturated heterocycles. The number of benzene rings is 1. The Hall–Kier alpha value is -1.47. The van der Waals surface area contributed by atoms with E-state index in [1.165, 1.54) is 0 Å². The predicted octanol–water partition coefficient (Wildman–Crippen LogP) is 4.12. The Kier molecular flexibility index (Phi) is 6.49. The highest BCUT2D eigenvalue weighted by Gasteiger charge is 2.26. The molecule has 0 radical (unpaired) electrons. The summed E-state index contributed by atoms with van der Waals surface area (Å²) in [7, 11) is 0. The smallest absolute Gasteiger partial charge is 0.230 e. The third-order valence-electron chi connectivity index (χ3n) is 3.03. The van der Waals surface area contributed by atoms with E-state index < -0.39 is 0 Å². The van der Waals surface area contributed by atoms with Crippen LogP contribution >= 0.6 is 11.8 Å². The number of carbonyl (C=O) groups excluding carboxylic acids is 1. The van der Waals surface area contributed by atoms with Crippen LogP contribution in [0.1, 0.15) is 52.2 Å². The van der Waals surface area contributed by atoms with Gasteiger partial charge in [0.1, 0.15) is 0 Å². The molecule has 1 amide bonds. The minimum absolute atomic E-state index is 0.0768. The fraction of sp³-hybridized carbons (Fsp3) is 0.556. The normalized spacial score (nSPS) is 11.8. The Morgan fingerprint density at radius 3 is 2.27 bits per heavy atom. The summed E-state index contributed by atoms with van der Waals surface area (Å²) in [6.07, 6.45) is 0.937. The van der Waals surface area contributed by atoms with Crippen molar-refractivity contribution in [3.05, 3.63) is 35.4 Å². The maximum absolute atomic E-state index is 12.1. The zero-order chi connectivity index (χ0) is 16.8. The van der Waals surface area contributed by atoms with Gasteiger partial charge in [0.05, 0.1) is 17.4 Å². The van der Waals surface area contributed by atoms with Gasteiger partial charge in [-0.25, -0.2) is 0 Å². The van der Waals surface area contributed by atoms with Crippen LogP contribution in [0.4, 0.5) is 0 Å². The van der Waals surface area contributed by atoms with Crippen molar-refractivity contribution in [2.24, 2.45) is 5.41 Å². The van der Waals surface area contributed by atoms with Gasteiger partial charge >= 0.3 is 0 Å². The minimum atomic E-state index is -0.190. The van der Waals surface area contributed by atoms with Crippen molar-refractivity contribution in [1.29, 1.82) is 5.26 Å². The first-order valence-corrected chi connectivity index (χ1v) is 8.65. The zero-order valence-electron chi connectivity index (χ0n) is 14.2. The molecule has 0 aliphatic carbocycles. The first kappa shape index (κ1) is 18.6. The second-order valence-electron chi connectivity index (χ2n) is 7.47. The van der Waals surface area contributed by atoms with E-state index in [1.54, 1.807) is 11.8 Å². The molecule has 0 aliphatic heterocycles. The molecule has 0 bridgehead atoms. The van der Waals surface area contributed by atoms with Crippen molar-refractivity contribution in [1.82, 2.24) is 5.32 Å². The number of hydrogen-bond donors (Lipinski definition) is 1. The highest BCUT2D eigenvalue weighted by molar-refractivity contribution is 7.99. The second kappa shape index (κ2) is 7.69. The van der Waals surface area contributed by atoms with Crippen LogP contribution in [0.2, 0.25) is 0 Å². The lowest BCUT2D eigenvalue weighted by atomic mass is 9.82. The summed E-state index contributed by atoms with van der Waals surface area (Å²) in [5.74, 6) is 1.31. The molecule has 1 N–H and O–H groups in total. The average molecular weight is 318 g/mol. The standard InChI is InChI=1S/C18H26N2OS/c1-17(2,3)13-18(4,5)20-16(21)12-22-11-15-8-6-14(10-19)7-9-15/h6-9H,11-13H2,1-5H3,(H,20,21). The van der Waals surface area contributed by atoms with Gasteiger partial charge in [-0.15, -0.1) is 11.8 Å². The molecule has 0 fully saturated rings. The van der Waals surface area contributed by atoms with Gasteiger partial charge in [-0.1, -0.05) is 32.9 Å². The largest absolute Gasteiger partial charge is 0.350 e. The summed E-state index contributed by atoms with van der Waals surface area (Å²) >= 11 is 1.59. The molecule has 1 aromatic carbocycles. The van der Waals surface area contributed by atoms with Crippen molar-refractivity contribution in [3.8, 4) is 6.07 Å². The molecule has 0 spiro atoms. The quantitative estimate of drug-likeness (QED) is 0.858. The number of nitrogens with one attached hydrogen (secondary N) is 1. The van der Waals surface area contributed by atoms with Crippen LogP contribution < -0.4 is 5.32 Å². The molecule has 0 atom stereocenters. The molecule has 120 valence electrons. The van der Waals surface area contributed by atoms with E-state index in [9.17, 15) is 4.79 Å². The third-order valence-corrected chi connectivity index (χ3v) is 4.04.